The number of hydrogen-bond donors (Lipinski definition) is 1. The van der Waals surface area contributed by atoms with Crippen LogP contribution in [0.25, 0.3) is 0 Å². The first-order chi connectivity index (χ1) is 6.28. The van der Waals surface area contributed by atoms with Gasteiger partial charge in [0.05, 0.1) is 11.5 Å². The highest BCUT2D eigenvalue weighted by molar-refractivity contribution is 5.16. The molecular weight excluding hydrogens is 160 g/mol. The third-order valence-electron chi connectivity index (χ3n) is 3.81. The second-order valence-corrected chi connectivity index (χ2v) is 4.69. The van der Waals surface area contributed by atoms with E-state index in [0.29, 0.717) is 5.92 Å². The Morgan fingerprint density at radius 2 is 1.85 bits per heavy atom. The maximum absolute atomic E-state index is 9.03. The van der Waals surface area contributed by atoms with Crippen LogP contribution in [0.5, 0.6) is 0 Å². The van der Waals surface area contributed by atoms with E-state index in [-0.39, 0.29) is 11.5 Å². The van der Waals surface area contributed by atoms with Crippen molar-refractivity contribution in [1.29, 1.82) is 5.26 Å². The van der Waals surface area contributed by atoms with Crippen molar-refractivity contribution in [2.75, 3.05) is 0 Å². The predicted octanol–water partition coefficient (Wildman–Crippen LogP) is 2.20. The molecule has 1 unspecified atom stereocenters. The third-order valence-corrected chi connectivity index (χ3v) is 3.81. The lowest BCUT2D eigenvalue weighted by Crippen LogP contribution is -2.39. The number of nitrogens with zero attached hydrogens (tertiary/aromatic N) is 1. The van der Waals surface area contributed by atoms with Gasteiger partial charge in [0.25, 0.3) is 0 Å². The number of nitrogens with two attached hydrogens (primary N) is 1. The van der Waals surface area contributed by atoms with E-state index in [4.69, 9.17) is 11.0 Å². The van der Waals surface area contributed by atoms with E-state index in [1.54, 1.807) is 0 Å². The number of nitriles is 1. The summed E-state index contributed by atoms with van der Waals surface area (Å²) in [7, 11) is 0. The van der Waals surface area contributed by atoms with E-state index in [0.717, 1.165) is 12.8 Å². The van der Waals surface area contributed by atoms with Crippen molar-refractivity contribution in [1.82, 2.24) is 0 Å². The van der Waals surface area contributed by atoms with Crippen molar-refractivity contribution >= 4 is 0 Å². The first-order valence-electron chi connectivity index (χ1n) is 5.45. The summed E-state index contributed by atoms with van der Waals surface area (Å²) in [6.45, 7) is 0. The molecule has 0 bridgehead atoms. The normalized spacial score (nSPS) is 29.2. The second-order valence-electron chi connectivity index (χ2n) is 4.69. The van der Waals surface area contributed by atoms with Crippen LogP contribution in [0.2, 0.25) is 0 Å². The molecule has 2 nitrogen and oxygen atoms in total. The molecule has 2 fully saturated rings. The van der Waals surface area contributed by atoms with E-state index >= 15 is 0 Å². The Balaban J connectivity index is 1.96. The van der Waals surface area contributed by atoms with Gasteiger partial charge in [-0.2, -0.15) is 5.26 Å². The summed E-state index contributed by atoms with van der Waals surface area (Å²) in [5.41, 5.74) is 6.07. The van der Waals surface area contributed by atoms with Crippen LogP contribution in [-0.2, 0) is 0 Å². The average molecular weight is 178 g/mol. The Kier molecular flexibility index (Phi) is 2.29. The summed E-state index contributed by atoms with van der Waals surface area (Å²) < 4.78 is 0. The summed E-state index contributed by atoms with van der Waals surface area (Å²) in [5.74, 6) is 0.635. The van der Waals surface area contributed by atoms with Gasteiger partial charge >= 0.3 is 0 Å². The molecule has 2 rings (SSSR count). The topological polar surface area (TPSA) is 49.8 Å². The molecule has 13 heavy (non-hydrogen) atoms. The highest BCUT2D eigenvalue weighted by Gasteiger charge is 2.50. The van der Waals surface area contributed by atoms with Gasteiger partial charge in [0.1, 0.15) is 0 Å². The molecule has 0 aromatic carbocycles. The number of rotatable bonds is 2. The molecule has 2 aliphatic rings. The molecule has 1 atom stereocenters. The van der Waals surface area contributed by atoms with Crippen LogP contribution >= 0.6 is 0 Å². The third kappa shape index (κ3) is 1.58. The molecule has 0 aromatic rings. The van der Waals surface area contributed by atoms with Gasteiger partial charge in [-0.05, 0) is 31.6 Å². The quantitative estimate of drug-likeness (QED) is 0.704. The first-order valence-corrected chi connectivity index (χ1v) is 5.45. The molecule has 0 heterocycles. The van der Waals surface area contributed by atoms with Crippen LogP contribution in [0.15, 0.2) is 0 Å². The van der Waals surface area contributed by atoms with E-state index in [9.17, 15) is 0 Å². The fourth-order valence-electron chi connectivity index (χ4n) is 2.60. The van der Waals surface area contributed by atoms with E-state index in [2.05, 4.69) is 6.07 Å². The number of hydrogen-bond acceptors (Lipinski definition) is 2. The minimum Gasteiger partial charge on any atom is -0.326 e. The molecule has 0 radical (unpaired) electrons. The summed E-state index contributed by atoms with van der Waals surface area (Å²) in [6, 6.07) is 2.59. The maximum Gasteiger partial charge on any atom is 0.0728 e. The Bertz CT molecular complexity index is 219. The van der Waals surface area contributed by atoms with E-state index < -0.39 is 0 Å². The molecule has 0 saturated heterocycles. The highest BCUT2D eigenvalue weighted by atomic mass is 14.8. The van der Waals surface area contributed by atoms with Crippen molar-refractivity contribution in [2.45, 2.75) is 51.0 Å². The Labute approximate surface area is 80.1 Å². The van der Waals surface area contributed by atoms with Crippen molar-refractivity contribution in [2.24, 2.45) is 17.1 Å². The van der Waals surface area contributed by atoms with Crippen molar-refractivity contribution < 1.29 is 0 Å². The van der Waals surface area contributed by atoms with Gasteiger partial charge in [-0.1, -0.05) is 19.3 Å². The molecule has 2 saturated carbocycles. The van der Waals surface area contributed by atoms with E-state index in [1.807, 2.05) is 0 Å². The zero-order chi connectivity index (χ0) is 9.31. The van der Waals surface area contributed by atoms with Crippen LogP contribution in [-0.4, -0.2) is 6.04 Å². The van der Waals surface area contributed by atoms with Crippen LogP contribution in [0.3, 0.4) is 0 Å². The van der Waals surface area contributed by atoms with Crippen LogP contribution in [0, 0.1) is 22.7 Å². The lowest BCUT2D eigenvalue weighted by molar-refractivity contribution is 0.260. The van der Waals surface area contributed by atoms with Gasteiger partial charge in [0, 0.05) is 6.04 Å². The fraction of sp³-hybridized carbons (Fsp3) is 0.909. The molecule has 0 spiro atoms. The zero-order valence-electron chi connectivity index (χ0n) is 8.13. The first kappa shape index (κ1) is 9.02. The summed E-state index contributed by atoms with van der Waals surface area (Å²) in [4.78, 5) is 0. The van der Waals surface area contributed by atoms with Gasteiger partial charge in [-0.3, -0.25) is 0 Å². The molecular formula is C11H18N2. The van der Waals surface area contributed by atoms with Gasteiger partial charge in [0.15, 0.2) is 0 Å². The minimum absolute atomic E-state index is 0.109. The average Bonchev–Trinajstić information content (AvgIpc) is 2.99. The highest BCUT2D eigenvalue weighted by Crippen LogP contribution is 2.51. The van der Waals surface area contributed by atoms with Crippen molar-refractivity contribution in [3.63, 3.8) is 0 Å². The van der Waals surface area contributed by atoms with Gasteiger partial charge < -0.3 is 5.73 Å². The van der Waals surface area contributed by atoms with Crippen molar-refractivity contribution in [3.8, 4) is 6.07 Å². The molecule has 0 amide bonds. The van der Waals surface area contributed by atoms with E-state index in [1.165, 1.54) is 32.1 Å². The van der Waals surface area contributed by atoms with Crippen LogP contribution < -0.4 is 5.73 Å². The lowest BCUT2D eigenvalue weighted by atomic mass is 9.78. The molecule has 2 aliphatic carbocycles. The van der Waals surface area contributed by atoms with Gasteiger partial charge in [0.2, 0.25) is 0 Å². The molecule has 2 N–H and O–H groups in total. The molecule has 72 valence electrons. The summed E-state index contributed by atoms with van der Waals surface area (Å²) >= 11 is 0. The Morgan fingerprint density at radius 1 is 1.23 bits per heavy atom. The predicted molar refractivity (Wildman–Crippen MR) is 51.8 cm³/mol. The summed E-state index contributed by atoms with van der Waals surface area (Å²) in [5, 5.41) is 9.03. The van der Waals surface area contributed by atoms with Crippen LogP contribution in [0.1, 0.15) is 44.9 Å². The molecule has 0 aliphatic heterocycles. The monoisotopic (exact) mass is 178 g/mol. The minimum atomic E-state index is -0.109. The lowest BCUT2D eigenvalue weighted by Gasteiger charge is -2.30. The SMILES string of the molecule is N#CC1(C(N)C2CCCCC2)CC1. The summed E-state index contributed by atoms with van der Waals surface area (Å²) in [6.07, 6.45) is 8.60. The van der Waals surface area contributed by atoms with Gasteiger partial charge in [-0.15, -0.1) is 0 Å². The molecule has 2 heteroatoms. The van der Waals surface area contributed by atoms with Gasteiger partial charge in [-0.25, -0.2) is 0 Å². The smallest absolute Gasteiger partial charge is 0.0728 e. The Hall–Kier alpha value is -0.550. The maximum atomic E-state index is 9.03. The second kappa shape index (κ2) is 3.31. The fourth-order valence-corrected chi connectivity index (χ4v) is 2.60. The largest absolute Gasteiger partial charge is 0.326 e. The zero-order valence-corrected chi connectivity index (χ0v) is 8.13. The van der Waals surface area contributed by atoms with Crippen molar-refractivity contribution in [3.05, 3.63) is 0 Å². The standard InChI is InChI=1S/C11H18N2/c12-8-11(6-7-11)10(13)9-4-2-1-3-5-9/h9-10H,1-7,13H2. The Morgan fingerprint density at radius 3 is 2.31 bits per heavy atom. The molecule has 0 aromatic heterocycles. The van der Waals surface area contributed by atoms with Crippen LogP contribution in [0.4, 0.5) is 0 Å².